The molecule has 100 valence electrons. The number of anilines is 1. The molecule has 1 atom stereocenters. The molecule has 1 aromatic carbocycles. The van der Waals surface area contributed by atoms with Crippen molar-refractivity contribution in [1.29, 1.82) is 0 Å². The summed E-state index contributed by atoms with van der Waals surface area (Å²) in [4.78, 5) is 0. The molecule has 0 amide bonds. The van der Waals surface area contributed by atoms with Gasteiger partial charge in [0.15, 0.2) is 0 Å². The minimum absolute atomic E-state index is 0.219. The van der Waals surface area contributed by atoms with Crippen molar-refractivity contribution in [2.75, 3.05) is 18.5 Å². The predicted molar refractivity (Wildman–Crippen MR) is 76.3 cm³/mol. The first-order valence-corrected chi connectivity index (χ1v) is 6.84. The predicted octanol–water partition coefficient (Wildman–Crippen LogP) is 3.03. The molecule has 1 aliphatic rings. The van der Waals surface area contributed by atoms with Crippen molar-refractivity contribution in [3.05, 3.63) is 24.3 Å². The molecule has 1 unspecified atom stereocenters. The zero-order valence-electron chi connectivity index (χ0n) is 11.6. The number of benzene rings is 1. The van der Waals surface area contributed by atoms with E-state index in [0.717, 1.165) is 30.8 Å². The lowest BCUT2D eigenvalue weighted by atomic mass is 9.89. The smallest absolute Gasteiger partial charge is 0.142 e. The molecule has 1 fully saturated rings. The Morgan fingerprint density at radius 2 is 2.17 bits per heavy atom. The van der Waals surface area contributed by atoms with E-state index >= 15 is 0 Å². The Balaban J connectivity index is 2.04. The molecule has 0 radical (unpaired) electrons. The molecule has 3 heteroatoms. The molecule has 0 spiro atoms. The average Bonchev–Trinajstić information content (AvgIpc) is 2.31. The van der Waals surface area contributed by atoms with Gasteiger partial charge in [0.2, 0.25) is 0 Å². The van der Waals surface area contributed by atoms with E-state index in [4.69, 9.17) is 4.74 Å². The van der Waals surface area contributed by atoms with Gasteiger partial charge < -0.3 is 15.4 Å². The second kappa shape index (κ2) is 5.61. The molecule has 0 aromatic heterocycles. The molecule has 1 heterocycles. The Labute approximate surface area is 110 Å². The van der Waals surface area contributed by atoms with Gasteiger partial charge in [-0.15, -0.1) is 0 Å². The van der Waals surface area contributed by atoms with Gasteiger partial charge in [0.1, 0.15) is 5.75 Å². The van der Waals surface area contributed by atoms with E-state index in [9.17, 15) is 0 Å². The van der Waals surface area contributed by atoms with Crippen molar-refractivity contribution >= 4 is 5.69 Å². The average molecular weight is 248 g/mol. The summed E-state index contributed by atoms with van der Waals surface area (Å²) in [5, 5.41) is 7.17. The monoisotopic (exact) mass is 248 g/mol. The Kier molecular flexibility index (Phi) is 4.12. The van der Waals surface area contributed by atoms with Crippen molar-refractivity contribution in [2.24, 2.45) is 0 Å². The van der Waals surface area contributed by atoms with E-state index in [1.807, 2.05) is 19.1 Å². The molecule has 1 aromatic rings. The molecule has 1 aliphatic heterocycles. The van der Waals surface area contributed by atoms with Crippen LogP contribution in [0.15, 0.2) is 24.3 Å². The summed E-state index contributed by atoms with van der Waals surface area (Å²) in [6.07, 6.45) is 2.29. The number of rotatable bonds is 4. The second-order valence-corrected chi connectivity index (χ2v) is 5.57. The zero-order chi connectivity index (χ0) is 13.0. The fraction of sp³-hybridized carbons (Fsp3) is 0.600. The zero-order valence-corrected chi connectivity index (χ0v) is 11.6. The Morgan fingerprint density at radius 3 is 2.89 bits per heavy atom. The topological polar surface area (TPSA) is 33.3 Å². The highest BCUT2D eigenvalue weighted by Gasteiger charge is 2.27. The van der Waals surface area contributed by atoms with Crippen molar-refractivity contribution in [1.82, 2.24) is 5.32 Å². The quantitative estimate of drug-likeness (QED) is 0.859. The molecule has 3 nitrogen and oxygen atoms in total. The molecule has 18 heavy (non-hydrogen) atoms. The summed E-state index contributed by atoms with van der Waals surface area (Å²) in [5.41, 5.74) is 1.33. The van der Waals surface area contributed by atoms with Crippen molar-refractivity contribution in [2.45, 2.75) is 45.2 Å². The SMILES string of the molecule is CCOc1ccccc1NC1CCNC(C)(C)C1. The van der Waals surface area contributed by atoms with Crippen LogP contribution < -0.4 is 15.4 Å². The van der Waals surface area contributed by atoms with Crippen LogP contribution >= 0.6 is 0 Å². The van der Waals surface area contributed by atoms with Crippen molar-refractivity contribution < 1.29 is 4.74 Å². The van der Waals surface area contributed by atoms with Crippen LogP contribution in [0.4, 0.5) is 5.69 Å². The van der Waals surface area contributed by atoms with E-state index < -0.39 is 0 Å². The lowest BCUT2D eigenvalue weighted by molar-refractivity contribution is 0.285. The first-order chi connectivity index (χ1) is 8.61. The minimum Gasteiger partial charge on any atom is -0.492 e. The van der Waals surface area contributed by atoms with Crippen LogP contribution in [0.5, 0.6) is 5.75 Å². The highest BCUT2D eigenvalue weighted by atomic mass is 16.5. The van der Waals surface area contributed by atoms with Crippen molar-refractivity contribution in [3.8, 4) is 5.75 Å². The van der Waals surface area contributed by atoms with Crippen molar-refractivity contribution in [3.63, 3.8) is 0 Å². The number of hydrogen-bond donors (Lipinski definition) is 2. The largest absolute Gasteiger partial charge is 0.492 e. The number of hydrogen-bond acceptors (Lipinski definition) is 3. The first kappa shape index (κ1) is 13.2. The standard InChI is InChI=1S/C15H24N2O/c1-4-18-14-8-6-5-7-13(14)17-12-9-10-16-15(2,3)11-12/h5-8,12,16-17H,4,9-11H2,1-3H3. The van der Waals surface area contributed by atoms with E-state index in [1.165, 1.54) is 0 Å². The normalized spacial score (nSPS) is 22.5. The molecule has 2 rings (SSSR count). The van der Waals surface area contributed by atoms with Gasteiger partial charge in [0.05, 0.1) is 12.3 Å². The van der Waals surface area contributed by atoms with E-state index in [0.29, 0.717) is 12.6 Å². The molecule has 0 aliphatic carbocycles. The van der Waals surface area contributed by atoms with E-state index in [-0.39, 0.29) is 5.54 Å². The van der Waals surface area contributed by atoms with E-state index in [2.05, 4.69) is 36.6 Å². The van der Waals surface area contributed by atoms with Gasteiger partial charge in [-0.05, 0) is 52.3 Å². The lowest BCUT2D eigenvalue weighted by Gasteiger charge is -2.37. The Hall–Kier alpha value is -1.22. The summed E-state index contributed by atoms with van der Waals surface area (Å²) in [5.74, 6) is 0.955. The molecular formula is C15H24N2O. The summed E-state index contributed by atoms with van der Waals surface area (Å²) >= 11 is 0. The third kappa shape index (κ3) is 3.39. The van der Waals surface area contributed by atoms with Crippen LogP contribution in [0.1, 0.15) is 33.6 Å². The first-order valence-electron chi connectivity index (χ1n) is 6.84. The van der Waals surface area contributed by atoms with Gasteiger partial charge >= 0.3 is 0 Å². The number of piperidine rings is 1. The maximum absolute atomic E-state index is 5.65. The number of ether oxygens (including phenoxy) is 1. The van der Waals surface area contributed by atoms with Crippen LogP contribution in [0.3, 0.4) is 0 Å². The van der Waals surface area contributed by atoms with Crippen LogP contribution in [0.2, 0.25) is 0 Å². The number of nitrogens with one attached hydrogen (secondary N) is 2. The molecular weight excluding hydrogens is 224 g/mol. The van der Waals surface area contributed by atoms with Crippen LogP contribution in [0, 0.1) is 0 Å². The molecule has 0 bridgehead atoms. The lowest BCUT2D eigenvalue weighted by Crippen LogP contribution is -2.50. The molecule has 1 saturated heterocycles. The van der Waals surface area contributed by atoms with Crippen LogP contribution in [-0.4, -0.2) is 24.7 Å². The van der Waals surface area contributed by atoms with Crippen LogP contribution in [-0.2, 0) is 0 Å². The number of para-hydroxylation sites is 2. The maximum Gasteiger partial charge on any atom is 0.142 e. The third-order valence-corrected chi connectivity index (χ3v) is 3.40. The van der Waals surface area contributed by atoms with Gasteiger partial charge in [-0.1, -0.05) is 12.1 Å². The summed E-state index contributed by atoms with van der Waals surface area (Å²) in [6, 6.07) is 8.71. The third-order valence-electron chi connectivity index (χ3n) is 3.40. The second-order valence-electron chi connectivity index (χ2n) is 5.57. The fourth-order valence-electron chi connectivity index (χ4n) is 2.59. The van der Waals surface area contributed by atoms with Gasteiger partial charge in [-0.25, -0.2) is 0 Å². The van der Waals surface area contributed by atoms with Gasteiger partial charge in [-0.2, -0.15) is 0 Å². The summed E-state index contributed by atoms with van der Waals surface area (Å²) in [7, 11) is 0. The fourth-order valence-corrected chi connectivity index (χ4v) is 2.59. The highest BCUT2D eigenvalue weighted by Crippen LogP contribution is 2.28. The summed E-state index contributed by atoms with van der Waals surface area (Å²) in [6.45, 7) is 8.31. The van der Waals surface area contributed by atoms with Gasteiger partial charge in [0, 0.05) is 11.6 Å². The highest BCUT2D eigenvalue weighted by molar-refractivity contribution is 5.56. The molecule has 0 saturated carbocycles. The van der Waals surface area contributed by atoms with E-state index in [1.54, 1.807) is 0 Å². The Morgan fingerprint density at radius 1 is 1.39 bits per heavy atom. The Bertz CT molecular complexity index is 390. The maximum atomic E-state index is 5.65. The van der Waals surface area contributed by atoms with Gasteiger partial charge in [-0.3, -0.25) is 0 Å². The van der Waals surface area contributed by atoms with Crippen LogP contribution in [0.25, 0.3) is 0 Å². The van der Waals surface area contributed by atoms with Gasteiger partial charge in [0.25, 0.3) is 0 Å². The minimum atomic E-state index is 0.219. The summed E-state index contributed by atoms with van der Waals surface area (Å²) < 4.78 is 5.65. The molecule has 2 N–H and O–H groups in total.